The molecule has 1 aromatic carbocycles. The highest BCUT2D eigenvalue weighted by Crippen LogP contribution is 2.15. The van der Waals surface area contributed by atoms with Gasteiger partial charge in [-0.15, -0.1) is 17.0 Å². The van der Waals surface area contributed by atoms with Crippen LogP contribution in [-0.2, 0) is 0 Å². The summed E-state index contributed by atoms with van der Waals surface area (Å²) in [5.74, 6) is 1.18. The number of anilines is 1. The molecule has 4 heteroatoms. The van der Waals surface area contributed by atoms with Gasteiger partial charge < -0.3 is 5.32 Å². The number of amidine groups is 1. The summed E-state index contributed by atoms with van der Waals surface area (Å²) in [4.78, 5) is 4.39. The molecule has 0 atom stereocenters. The molecule has 1 N–H and O–H groups in total. The lowest BCUT2D eigenvalue weighted by molar-refractivity contribution is 0.938. The second-order valence-corrected chi connectivity index (χ2v) is 3.96. The van der Waals surface area contributed by atoms with Gasteiger partial charge in [-0.05, 0) is 18.6 Å². The first-order valence-electron chi connectivity index (χ1n) is 4.44. The molecule has 0 spiro atoms. The first kappa shape index (κ1) is 11.6. The Hall–Kier alpha value is -0.480. The van der Waals surface area contributed by atoms with Gasteiger partial charge in [0.15, 0.2) is 5.17 Å². The van der Waals surface area contributed by atoms with Crippen LogP contribution in [0.5, 0.6) is 0 Å². The van der Waals surface area contributed by atoms with Crippen molar-refractivity contribution < 1.29 is 0 Å². The van der Waals surface area contributed by atoms with E-state index in [1.54, 1.807) is 11.8 Å². The smallest absolute Gasteiger partial charge is 0.161 e. The Labute approximate surface area is 99.0 Å². The average molecular weight is 273 g/mol. The molecule has 0 saturated carbocycles. The molecule has 1 heterocycles. The summed E-state index contributed by atoms with van der Waals surface area (Å²) in [7, 11) is 0. The van der Waals surface area contributed by atoms with E-state index in [4.69, 9.17) is 0 Å². The fourth-order valence-electron chi connectivity index (χ4n) is 1.18. The van der Waals surface area contributed by atoms with Gasteiger partial charge in [0.2, 0.25) is 0 Å². The van der Waals surface area contributed by atoms with Crippen LogP contribution >= 0.6 is 28.7 Å². The summed E-state index contributed by atoms with van der Waals surface area (Å²) < 4.78 is 0. The number of halogens is 1. The van der Waals surface area contributed by atoms with E-state index >= 15 is 0 Å². The molecule has 0 fully saturated rings. The first-order chi connectivity index (χ1) is 6.45. The number of benzene rings is 1. The zero-order chi connectivity index (χ0) is 8.93. The molecule has 0 radical (unpaired) electrons. The maximum Gasteiger partial charge on any atom is 0.161 e. The summed E-state index contributed by atoms with van der Waals surface area (Å²) in [6.07, 6.45) is 1.20. The molecule has 0 aliphatic carbocycles. The minimum absolute atomic E-state index is 0. The highest BCUT2D eigenvalue weighted by atomic mass is 79.9. The van der Waals surface area contributed by atoms with E-state index < -0.39 is 0 Å². The normalized spacial score (nSPS) is 15.3. The second-order valence-electron chi connectivity index (χ2n) is 2.88. The Morgan fingerprint density at radius 1 is 1.21 bits per heavy atom. The molecular formula is C10H13BrN2S. The van der Waals surface area contributed by atoms with Crippen molar-refractivity contribution in [1.29, 1.82) is 0 Å². The molecule has 2 nitrogen and oxygen atoms in total. The van der Waals surface area contributed by atoms with Gasteiger partial charge in [0.1, 0.15) is 0 Å². The van der Waals surface area contributed by atoms with Gasteiger partial charge in [-0.3, -0.25) is 4.99 Å². The molecule has 0 aromatic heterocycles. The van der Waals surface area contributed by atoms with Gasteiger partial charge in [-0.25, -0.2) is 0 Å². The number of thioether (sulfide) groups is 1. The van der Waals surface area contributed by atoms with Crippen molar-refractivity contribution in [2.24, 2.45) is 4.99 Å². The van der Waals surface area contributed by atoms with Crippen LogP contribution in [-0.4, -0.2) is 17.5 Å². The van der Waals surface area contributed by atoms with E-state index in [0.717, 1.165) is 17.4 Å². The number of para-hydroxylation sites is 1. The van der Waals surface area contributed by atoms with Crippen molar-refractivity contribution >= 4 is 39.6 Å². The first-order valence-corrected chi connectivity index (χ1v) is 5.43. The van der Waals surface area contributed by atoms with Crippen molar-refractivity contribution in [3.05, 3.63) is 30.3 Å². The maximum absolute atomic E-state index is 4.39. The lowest BCUT2D eigenvalue weighted by atomic mass is 10.3. The average Bonchev–Trinajstić information content (AvgIpc) is 2.21. The zero-order valence-electron chi connectivity index (χ0n) is 7.77. The van der Waals surface area contributed by atoms with E-state index in [1.807, 2.05) is 18.2 Å². The number of nitrogens with one attached hydrogen (secondary N) is 1. The molecule has 14 heavy (non-hydrogen) atoms. The lowest BCUT2D eigenvalue weighted by Crippen LogP contribution is -2.13. The summed E-state index contributed by atoms with van der Waals surface area (Å²) >= 11 is 1.80. The van der Waals surface area contributed by atoms with E-state index in [1.165, 1.54) is 12.2 Å². The fraction of sp³-hybridized carbons (Fsp3) is 0.300. The monoisotopic (exact) mass is 272 g/mol. The van der Waals surface area contributed by atoms with E-state index in [-0.39, 0.29) is 17.0 Å². The van der Waals surface area contributed by atoms with Crippen molar-refractivity contribution in [2.45, 2.75) is 6.42 Å². The number of hydrogen-bond acceptors (Lipinski definition) is 3. The number of hydrogen-bond donors (Lipinski definition) is 1. The Morgan fingerprint density at radius 3 is 2.64 bits per heavy atom. The highest BCUT2D eigenvalue weighted by Gasteiger charge is 2.04. The van der Waals surface area contributed by atoms with Crippen molar-refractivity contribution in [3.63, 3.8) is 0 Å². The minimum Gasteiger partial charge on any atom is -0.335 e. The summed E-state index contributed by atoms with van der Waals surface area (Å²) in [5.41, 5.74) is 1.12. The van der Waals surface area contributed by atoms with E-state index in [9.17, 15) is 0 Å². The van der Waals surface area contributed by atoms with Gasteiger partial charge in [-0.1, -0.05) is 30.0 Å². The third-order valence-electron chi connectivity index (χ3n) is 1.82. The molecule has 0 bridgehead atoms. The number of aliphatic imine (C=N–C) groups is 1. The van der Waals surface area contributed by atoms with Gasteiger partial charge in [0.25, 0.3) is 0 Å². The Morgan fingerprint density at radius 2 is 2.00 bits per heavy atom. The van der Waals surface area contributed by atoms with Crippen LogP contribution in [0, 0.1) is 0 Å². The molecular weight excluding hydrogens is 260 g/mol. The second kappa shape index (κ2) is 6.09. The van der Waals surface area contributed by atoms with Crippen molar-refractivity contribution in [2.75, 3.05) is 17.6 Å². The molecule has 0 saturated heterocycles. The van der Waals surface area contributed by atoms with E-state index in [2.05, 4.69) is 22.4 Å². The van der Waals surface area contributed by atoms with Crippen LogP contribution in [0.3, 0.4) is 0 Å². The molecule has 0 unspecified atom stereocenters. The molecule has 2 rings (SSSR count). The van der Waals surface area contributed by atoms with Crippen LogP contribution in [0.25, 0.3) is 0 Å². The minimum atomic E-state index is 0. The van der Waals surface area contributed by atoms with Crippen molar-refractivity contribution in [3.8, 4) is 0 Å². The third kappa shape index (κ3) is 3.35. The lowest BCUT2D eigenvalue weighted by Gasteiger charge is -2.12. The molecule has 1 aliphatic rings. The van der Waals surface area contributed by atoms with Crippen LogP contribution < -0.4 is 5.32 Å². The summed E-state index contributed by atoms with van der Waals surface area (Å²) in [6.45, 7) is 0.960. The zero-order valence-corrected chi connectivity index (χ0v) is 10.3. The van der Waals surface area contributed by atoms with Gasteiger partial charge >= 0.3 is 0 Å². The number of rotatable bonds is 1. The predicted molar refractivity (Wildman–Crippen MR) is 69.8 cm³/mol. The van der Waals surface area contributed by atoms with Crippen LogP contribution in [0.1, 0.15) is 6.42 Å². The van der Waals surface area contributed by atoms with Gasteiger partial charge in [0, 0.05) is 18.0 Å². The maximum atomic E-state index is 4.39. The predicted octanol–water partition coefficient (Wildman–Crippen LogP) is 3.17. The van der Waals surface area contributed by atoms with Crippen LogP contribution in [0.15, 0.2) is 35.3 Å². The van der Waals surface area contributed by atoms with E-state index in [0.29, 0.717) is 0 Å². The largest absolute Gasteiger partial charge is 0.335 e. The molecule has 1 aromatic rings. The fourth-order valence-corrected chi connectivity index (χ4v) is 2.02. The SMILES string of the molecule is Br.c1ccc(NC2=NCCCS2)cc1. The molecule has 0 amide bonds. The Balaban J connectivity index is 0.000000980. The van der Waals surface area contributed by atoms with Gasteiger partial charge in [-0.2, -0.15) is 0 Å². The Bertz CT molecular complexity index is 300. The third-order valence-corrected chi connectivity index (χ3v) is 2.82. The quantitative estimate of drug-likeness (QED) is 0.850. The van der Waals surface area contributed by atoms with Crippen LogP contribution in [0.4, 0.5) is 5.69 Å². The van der Waals surface area contributed by atoms with Crippen molar-refractivity contribution in [1.82, 2.24) is 0 Å². The summed E-state index contributed by atoms with van der Waals surface area (Å²) in [6, 6.07) is 10.2. The molecule has 76 valence electrons. The standard InChI is InChI=1S/C10H12N2S.BrH/c1-2-5-9(6-3-1)12-10-11-7-4-8-13-10;/h1-3,5-6H,4,7-8H2,(H,11,12);1H. The Kier molecular flexibility index (Phi) is 5.04. The van der Waals surface area contributed by atoms with Crippen LogP contribution in [0.2, 0.25) is 0 Å². The van der Waals surface area contributed by atoms with Gasteiger partial charge in [0.05, 0.1) is 0 Å². The summed E-state index contributed by atoms with van der Waals surface area (Å²) in [5, 5.41) is 4.35. The highest BCUT2D eigenvalue weighted by molar-refractivity contribution is 8.93. The topological polar surface area (TPSA) is 24.4 Å². The number of nitrogens with zero attached hydrogens (tertiary/aromatic N) is 1. The molecule has 1 aliphatic heterocycles.